The minimum absolute atomic E-state index is 0.0577. The molecule has 2 rings (SSSR count). The summed E-state index contributed by atoms with van der Waals surface area (Å²) in [6.07, 6.45) is 1.32. The number of carbonyl (C=O) groups excluding carboxylic acids is 1. The molecule has 0 spiro atoms. The minimum atomic E-state index is -1.26. The summed E-state index contributed by atoms with van der Waals surface area (Å²) in [5.74, 6) is -1.26. The molecule has 0 unspecified atom stereocenters. The highest BCUT2D eigenvalue weighted by molar-refractivity contribution is 5.86. The fourth-order valence-electron chi connectivity index (χ4n) is 1.97. The fraction of sp³-hybridized carbons (Fsp3) is 0.200. The van der Waals surface area contributed by atoms with E-state index in [-0.39, 0.29) is 11.1 Å². The molecule has 2 aromatic rings. The molecule has 0 aliphatic carbocycles. The molecule has 0 atom stereocenters. The molecule has 0 aliphatic heterocycles. The zero-order valence-electron chi connectivity index (χ0n) is 12.9. The van der Waals surface area contributed by atoms with Crippen LogP contribution in [0, 0.1) is 6.92 Å². The number of hydrogen-bond donors (Lipinski definition) is 1. The summed E-state index contributed by atoms with van der Waals surface area (Å²) < 4.78 is 2.36. The van der Waals surface area contributed by atoms with Crippen LogP contribution in [0.4, 0.5) is 5.69 Å². The van der Waals surface area contributed by atoms with Crippen LogP contribution in [0.2, 0.25) is 0 Å². The Morgan fingerprint density at radius 2 is 1.78 bits per heavy atom. The van der Waals surface area contributed by atoms with Gasteiger partial charge in [-0.2, -0.15) is 5.10 Å². The van der Waals surface area contributed by atoms with Crippen molar-refractivity contribution in [2.75, 3.05) is 5.43 Å². The third kappa shape index (κ3) is 3.20. The van der Waals surface area contributed by atoms with Crippen molar-refractivity contribution in [2.24, 2.45) is 19.2 Å². The lowest BCUT2D eigenvalue weighted by Gasteiger charge is -2.09. The van der Waals surface area contributed by atoms with Gasteiger partial charge in [0.05, 0.1) is 23.4 Å². The number of nitrogens with zero attached hydrogens (tertiary/aromatic N) is 3. The van der Waals surface area contributed by atoms with E-state index in [1.165, 1.54) is 42.1 Å². The molecule has 0 amide bonds. The Labute approximate surface area is 131 Å². The van der Waals surface area contributed by atoms with Crippen LogP contribution in [0.25, 0.3) is 0 Å². The van der Waals surface area contributed by atoms with Crippen molar-refractivity contribution in [1.82, 2.24) is 9.13 Å². The average molecular weight is 315 g/mol. The van der Waals surface area contributed by atoms with Crippen LogP contribution in [0.5, 0.6) is 0 Å². The Bertz CT molecular complexity index is 891. The first-order valence-corrected chi connectivity index (χ1v) is 6.70. The number of carboxylic acids is 1. The molecule has 120 valence electrons. The molecule has 0 saturated carbocycles. The van der Waals surface area contributed by atoms with Crippen molar-refractivity contribution in [3.63, 3.8) is 0 Å². The number of carboxylic acid groups (broad SMARTS) is 1. The lowest BCUT2D eigenvalue weighted by molar-refractivity contribution is -0.255. The second-order valence-electron chi connectivity index (χ2n) is 4.94. The normalized spacial score (nSPS) is 10.9. The van der Waals surface area contributed by atoms with E-state index in [9.17, 15) is 19.5 Å². The van der Waals surface area contributed by atoms with Crippen molar-refractivity contribution in [3.8, 4) is 0 Å². The van der Waals surface area contributed by atoms with Gasteiger partial charge in [-0.15, -0.1) is 0 Å². The standard InChI is InChI=1S/C15H16N4O4/c1-9-12(13(20)19(3)15(23)18(9)2)8-16-17-11-6-4-10(5-7-11)14(21)22/h4-8,17H,1-3H3,(H,21,22)/p-1/b16-8-. The van der Waals surface area contributed by atoms with Crippen LogP contribution < -0.4 is 21.8 Å². The van der Waals surface area contributed by atoms with Crippen molar-refractivity contribution in [3.05, 3.63) is 61.9 Å². The lowest BCUT2D eigenvalue weighted by atomic mass is 10.2. The predicted molar refractivity (Wildman–Crippen MR) is 83.7 cm³/mol. The van der Waals surface area contributed by atoms with Crippen molar-refractivity contribution in [1.29, 1.82) is 0 Å². The smallest absolute Gasteiger partial charge is 0.330 e. The van der Waals surface area contributed by atoms with E-state index in [4.69, 9.17) is 0 Å². The first kappa shape index (κ1) is 16.2. The number of aromatic nitrogens is 2. The Morgan fingerprint density at radius 3 is 2.35 bits per heavy atom. The average Bonchev–Trinajstić information content (AvgIpc) is 2.54. The van der Waals surface area contributed by atoms with Gasteiger partial charge in [-0.25, -0.2) is 4.79 Å². The third-order valence-corrected chi connectivity index (χ3v) is 3.51. The monoisotopic (exact) mass is 315 g/mol. The van der Waals surface area contributed by atoms with E-state index in [1.54, 1.807) is 14.0 Å². The van der Waals surface area contributed by atoms with E-state index >= 15 is 0 Å². The molecule has 0 bridgehead atoms. The number of rotatable bonds is 4. The van der Waals surface area contributed by atoms with E-state index in [0.717, 1.165) is 4.57 Å². The summed E-state index contributed by atoms with van der Waals surface area (Å²) in [5, 5.41) is 14.6. The number of nitrogens with one attached hydrogen (secondary N) is 1. The Morgan fingerprint density at radius 1 is 1.17 bits per heavy atom. The number of hydrogen-bond acceptors (Lipinski definition) is 6. The van der Waals surface area contributed by atoms with Gasteiger partial charge in [-0.05, 0) is 24.6 Å². The molecule has 0 radical (unpaired) electrons. The first-order chi connectivity index (χ1) is 10.8. The first-order valence-electron chi connectivity index (χ1n) is 6.70. The van der Waals surface area contributed by atoms with Crippen molar-refractivity contribution in [2.45, 2.75) is 6.92 Å². The van der Waals surface area contributed by atoms with Crippen LogP contribution in [-0.2, 0) is 14.1 Å². The Kier molecular flexibility index (Phi) is 4.44. The van der Waals surface area contributed by atoms with E-state index in [2.05, 4.69) is 10.5 Å². The van der Waals surface area contributed by atoms with Gasteiger partial charge in [-0.3, -0.25) is 14.8 Å². The molecule has 1 aromatic carbocycles. The highest BCUT2D eigenvalue weighted by atomic mass is 16.4. The summed E-state index contributed by atoms with van der Waals surface area (Å²) >= 11 is 0. The molecule has 8 heteroatoms. The zero-order chi connectivity index (χ0) is 17.1. The molecule has 0 saturated heterocycles. The van der Waals surface area contributed by atoms with Crippen LogP contribution in [0.15, 0.2) is 39.0 Å². The highest BCUT2D eigenvalue weighted by Gasteiger charge is 2.10. The summed E-state index contributed by atoms with van der Waals surface area (Å²) in [6.45, 7) is 1.65. The number of carbonyl (C=O) groups is 1. The molecule has 1 aromatic heterocycles. The van der Waals surface area contributed by atoms with Gasteiger partial charge in [0.2, 0.25) is 0 Å². The maximum atomic E-state index is 12.1. The van der Waals surface area contributed by atoms with Gasteiger partial charge in [0.15, 0.2) is 0 Å². The third-order valence-electron chi connectivity index (χ3n) is 3.51. The van der Waals surface area contributed by atoms with Crippen LogP contribution in [0.1, 0.15) is 21.6 Å². The highest BCUT2D eigenvalue weighted by Crippen LogP contribution is 2.08. The van der Waals surface area contributed by atoms with E-state index in [1.807, 2.05) is 0 Å². The van der Waals surface area contributed by atoms with Gasteiger partial charge in [0.1, 0.15) is 0 Å². The van der Waals surface area contributed by atoms with Gasteiger partial charge >= 0.3 is 5.69 Å². The minimum Gasteiger partial charge on any atom is -0.545 e. The second-order valence-corrected chi connectivity index (χ2v) is 4.94. The number of benzene rings is 1. The number of hydrazone groups is 1. The van der Waals surface area contributed by atoms with E-state index in [0.29, 0.717) is 11.4 Å². The number of anilines is 1. The maximum absolute atomic E-state index is 12.1. The number of aromatic carboxylic acids is 1. The second kappa shape index (κ2) is 6.30. The quantitative estimate of drug-likeness (QED) is 0.587. The van der Waals surface area contributed by atoms with Crippen molar-refractivity contribution >= 4 is 17.9 Å². The maximum Gasteiger partial charge on any atom is 0.330 e. The van der Waals surface area contributed by atoms with Gasteiger partial charge in [0, 0.05) is 19.8 Å². The molecule has 1 heterocycles. The van der Waals surface area contributed by atoms with Crippen molar-refractivity contribution < 1.29 is 9.90 Å². The van der Waals surface area contributed by atoms with Gasteiger partial charge < -0.3 is 14.5 Å². The molecule has 0 fully saturated rings. The summed E-state index contributed by atoms with van der Waals surface area (Å²) in [4.78, 5) is 34.5. The predicted octanol–water partition coefficient (Wildman–Crippen LogP) is -0.798. The summed E-state index contributed by atoms with van der Waals surface area (Å²) in [5.41, 5.74) is 3.23. The van der Waals surface area contributed by atoms with Crippen LogP contribution in [-0.4, -0.2) is 21.3 Å². The Balaban J connectivity index is 2.26. The van der Waals surface area contributed by atoms with Gasteiger partial charge in [-0.1, -0.05) is 12.1 Å². The lowest BCUT2D eigenvalue weighted by Crippen LogP contribution is -2.40. The zero-order valence-corrected chi connectivity index (χ0v) is 12.9. The summed E-state index contributed by atoms with van der Waals surface area (Å²) in [7, 11) is 2.97. The van der Waals surface area contributed by atoms with Gasteiger partial charge in [0.25, 0.3) is 5.56 Å². The SMILES string of the molecule is Cc1c(/C=N\Nc2ccc(C(=O)[O-])cc2)c(=O)n(C)c(=O)n1C. The molecule has 0 aliphatic rings. The molecular formula is C15H15N4O4-. The largest absolute Gasteiger partial charge is 0.545 e. The summed E-state index contributed by atoms with van der Waals surface area (Å²) in [6, 6.07) is 5.80. The molecule has 8 nitrogen and oxygen atoms in total. The van der Waals surface area contributed by atoms with E-state index < -0.39 is 17.2 Å². The Hall–Kier alpha value is -3.16. The molecule has 1 N–H and O–H groups in total. The fourth-order valence-corrected chi connectivity index (χ4v) is 1.97. The molecular weight excluding hydrogens is 300 g/mol. The van der Waals surface area contributed by atoms with Crippen LogP contribution in [0.3, 0.4) is 0 Å². The van der Waals surface area contributed by atoms with Crippen LogP contribution >= 0.6 is 0 Å². The topological polar surface area (TPSA) is 109 Å². The molecule has 23 heavy (non-hydrogen) atoms.